The number of ether oxygens (including phenoxy) is 1. The summed E-state index contributed by atoms with van der Waals surface area (Å²) < 4.78 is 5.64. The number of pyridine rings is 1. The van der Waals surface area contributed by atoms with Crippen LogP contribution >= 0.6 is 0 Å². The molecule has 1 saturated heterocycles. The van der Waals surface area contributed by atoms with Crippen LogP contribution in [0.3, 0.4) is 0 Å². The third-order valence-electron chi connectivity index (χ3n) is 3.38. The lowest BCUT2D eigenvalue weighted by atomic mass is 10.1. The molecule has 2 atom stereocenters. The van der Waals surface area contributed by atoms with Gasteiger partial charge in [-0.25, -0.2) is 0 Å². The molecule has 1 aliphatic rings. The molecule has 0 aromatic carbocycles. The molecule has 1 fully saturated rings. The Kier molecular flexibility index (Phi) is 4.70. The van der Waals surface area contributed by atoms with Gasteiger partial charge in [0, 0.05) is 25.4 Å². The number of rotatable bonds is 5. The highest BCUT2D eigenvalue weighted by atomic mass is 16.5. The molecule has 1 aromatic heterocycles. The van der Waals surface area contributed by atoms with Gasteiger partial charge in [-0.05, 0) is 31.4 Å². The normalized spacial score (nSPS) is 21.5. The van der Waals surface area contributed by atoms with Gasteiger partial charge in [-0.3, -0.25) is 4.98 Å². The van der Waals surface area contributed by atoms with Gasteiger partial charge >= 0.3 is 0 Å². The van der Waals surface area contributed by atoms with Crippen LogP contribution in [0.2, 0.25) is 0 Å². The molecule has 0 radical (unpaired) electrons. The maximum absolute atomic E-state index is 8.75. The van der Waals surface area contributed by atoms with Gasteiger partial charge in [-0.15, -0.1) is 0 Å². The fourth-order valence-electron chi connectivity index (χ4n) is 2.26. The van der Waals surface area contributed by atoms with Gasteiger partial charge < -0.3 is 21.0 Å². The topological polar surface area (TPSA) is 92.8 Å². The number of amidine groups is 1. The van der Waals surface area contributed by atoms with E-state index in [4.69, 9.17) is 15.7 Å². The molecule has 0 aliphatic carbocycles. The molecule has 0 amide bonds. The van der Waals surface area contributed by atoms with Gasteiger partial charge in [0.2, 0.25) is 0 Å². The van der Waals surface area contributed by atoms with Crippen molar-refractivity contribution in [2.24, 2.45) is 10.9 Å². The quantitative estimate of drug-likeness (QED) is 0.317. The Labute approximate surface area is 112 Å². The summed E-state index contributed by atoms with van der Waals surface area (Å²) in [4.78, 5) is 4.14. The molecule has 2 rings (SSSR count). The van der Waals surface area contributed by atoms with Crippen LogP contribution in [0.5, 0.6) is 0 Å². The highest BCUT2D eigenvalue weighted by molar-refractivity contribution is 5.96. The van der Waals surface area contributed by atoms with Gasteiger partial charge in [0.25, 0.3) is 0 Å². The second kappa shape index (κ2) is 6.49. The van der Waals surface area contributed by atoms with E-state index in [0.29, 0.717) is 12.2 Å². The van der Waals surface area contributed by atoms with Crippen LogP contribution in [0.25, 0.3) is 0 Å². The van der Waals surface area contributed by atoms with E-state index >= 15 is 0 Å². The molecular weight excluding hydrogens is 244 g/mol. The minimum Gasteiger partial charge on any atom is -0.409 e. The molecule has 6 nitrogen and oxygen atoms in total. The molecule has 19 heavy (non-hydrogen) atoms. The first-order chi connectivity index (χ1) is 9.22. The Bertz CT molecular complexity index is 444. The van der Waals surface area contributed by atoms with Crippen molar-refractivity contribution in [2.75, 3.05) is 6.61 Å². The highest BCUT2D eigenvalue weighted by Crippen LogP contribution is 2.16. The Hall–Kier alpha value is -1.66. The number of nitrogens with zero attached hydrogens (tertiary/aromatic N) is 2. The van der Waals surface area contributed by atoms with E-state index in [9.17, 15) is 0 Å². The van der Waals surface area contributed by atoms with E-state index in [2.05, 4.69) is 22.4 Å². The monoisotopic (exact) mass is 264 g/mol. The summed E-state index contributed by atoms with van der Waals surface area (Å²) in [5.74, 6) is 0.0298. The molecule has 4 N–H and O–H groups in total. The van der Waals surface area contributed by atoms with Crippen molar-refractivity contribution < 1.29 is 9.94 Å². The number of nitrogens with two attached hydrogens (primary N) is 1. The summed E-state index contributed by atoms with van der Waals surface area (Å²) in [6.07, 6.45) is 4.11. The third-order valence-corrected chi connectivity index (χ3v) is 3.38. The lowest BCUT2D eigenvalue weighted by Gasteiger charge is -2.20. The first-order valence-electron chi connectivity index (χ1n) is 6.49. The molecule has 0 saturated carbocycles. The Morgan fingerprint density at radius 1 is 1.74 bits per heavy atom. The van der Waals surface area contributed by atoms with Crippen molar-refractivity contribution in [1.82, 2.24) is 10.3 Å². The van der Waals surface area contributed by atoms with Crippen molar-refractivity contribution in [3.8, 4) is 0 Å². The van der Waals surface area contributed by atoms with Crippen LogP contribution in [0.15, 0.2) is 23.5 Å². The van der Waals surface area contributed by atoms with Crippen LogP contribution in [-0.4, -0.2) is 34.8 Å². The average Bonchev–Trinajstić information content (AvgIpc) is 2.98. The van der Waals surface area contributed by atoms with E-state index in [0.717, 1.165) is 25.0 Å². The molecular formula is C13H20N4O2. The minimum atomic E-state index is 0.0298. The lowest BCUT2D eigenvalue weighted by molar-refractivity contribution is 0.0832. The Balaban J connectivity index is 1.99. The van der Waals surface area contributed by atoms with E-state index < -0.39 is 0 Å². The zero-order valence-electron chi connectivity index (χ0n) is 11.0. The molecule has 104 valence electrons. The summed E-state index contributed by atoms with van der Waals surface area (Å²) in [5.41, 5.74) is 7.03. The fraction of sp³-hybridized carbons (Fsp3) is 0.538. The van der Waals surface area contributed by atoms with Crippen molar-refractivity contribution in [3.05, 3.63) is 29.6 Å². The summed E-state index contributed by atoms with van der Waals surface area (Å²) in [7, 11) is 0. The van der Waals surface area contributed by atoms with Gasteiger partial charge in [0.1, 0.15) is 5.69 Å². The average molecular weight is 264 g/mol. The lowest BCUT2D eigenvalue weighted by Crippen LogP contribution is -2.37. The van der Waals surface area contributed by atoms with Crippen molar-refractivity contribution >= 4 is 5.84 Å². The summed E-state index contributed by atoms with van der Waals surface area (Å²) in [5, 5.41) is 15.2. The maximum atomic E-state index is 8.75. The smallest absolute Gasteiger partial charge is 0.189 e. The molecule has 6 heteroatoms. The number of hydrogen-bond acceptors (Lipinski definition) is 5. The number of hydrogen-bond donors (Lipinski definition) is 3. The molecule has 0 bridgehead atoms. The second-order valence-corrected chi connectivity index (χ2v) is 4.72. The minimum absolute atomic E-state index is 0.0298. The van der Waals surface area contributed by atoms with Crippen molar-refractivity contribution in [2.45, 2.75) is 38.5 Å². The third kappa shape index (κ3) is 3.42. The van der Waals surface area contributed by atoms with Gasteiger partial charge in [-0.2, -0.15) is 0 Å². The number of nitrogens with one attached hydrogen (secondary N) is 1. The molecule has 2 unspecified atom stereocenters. The van der Waals surface area contributed by atoms with Crippen molar-refractivity contribution in [1.29, 1.82) is 0 Å². The SMILES string of the molecule is CC(NCc1cccnc1C(N)=NO)C1CCCO1. The maximum Gasteiger partial charge on any atom is 0.189 e. The standard InChI is InChI=1S/C13H20N4O2/c1-9(11-5-3-7-19-11)16-8-10-4-2-6-15-12(10)13(14)17-18/h2,4,6,9,11,16,18H,3,5,7-8H2,1H3,(H2,14,17). The first kappa shape index (κ1) is 13.8. The molecule has 1 aromatic rings. The van der Waals surface area contributed by atoms with Crippen LogP contribution in [-0.2, 0) is 11.3 Å². The predicted octanol–water partition coefficient (Wildman–Crippen LogP) is 0.833. The van der Waals surface area contributed by atoms with Gasteiger partial charge in [0.05, 0.1) is 6.10 Å². The Morgan fingerprint density at radius 3 is 3.26 bits per heavy atom. The number of oxime groups is 1. The molecule has 0 spiro atoms. The summed E-state index contributed by atoms with van der Waals surface area (Å²) >= 11 is 0. The summed E-state index contributed by atoms with van der Waals surface area (Å²) in [6, 6.07) is 4.01. The fourth-order valence-corrected chi connectivity index (χ4v) is 2.26. The van der Waals surface area contributed by atoms with Crippen LogP contribution in [0.4, 0.5) is 0 Å². The van der Waals surface area contributed by atoms with E-state index in [1.807, 2.05) is 12.1 Å². The van der Waals surface area contributed by atoms with Gasteiger partial charge in [0.15, 0.2) is 5.84 Å². The Morgan fingerprint density at radius 2 is 2.58 bits per heavy atom. The van der Waals surface area contributed by atoms with E-state index in [1.165, 1.54) is 0 Å². The van der Waals surface area contributed by atoms with E-state index in [1.54, 1.807) is 6.20 Å². The van der Waals surface area contributed by atoms with E-state index in [-0.39, 0.29) is 18.0 Å². The molecule has 1 aliphatic heterocycles. The number of aromatic nitrogens is 1. The molecule has 2 heterocycles. The van der Waals surface area contributed by atoms with Crippen LogP contribution in [0, 0.1) is 0 Å². The zero-order valence-corrected chi connectivity index (χ0v) is 11.0. The largest absolute Gasteiger partial charge is 0.409 e. The predicted molar refractivity (Wildman–Crippen MR) is 72.0 cm³/mol. The van der Waals surface area contributed by atoms with Gasteiger partial charge in [-0.1, -0.05) is 11.2 Å². The summed E-state index contributed by atoms with van der Waals surface area (Å²) in [6.45, 7) is 3.56. The van der Waals surface area contributed by atoms with Crippen molar-refractivity contribution in [3.63, 3.8) is 0 Å². The van der Waals surface area contributed by atoms with Crippen LogP contribution < -0.4 is 11.1 Å². The second-order valence-electron chi connectivity index (χ2n) is 4.72. The zero-order chi connectivity index (χ0) is 13.7. The first-order valence-corrected chi connectivity index (χ1v) is 6.49. The van der Waals surface area contributed by atoms with Crippen LogP contribution in [0.1, 0.15) is 31.0 Å². The highest BCUT2D eigenvalue weighted by Gasteiger charge is 2.22.